The van der Waals surface area contributed by atoms with Crippen molar-refractivity contribution in [3.63, 3.8) is 0 Å². The number of rotatable bonds is 2. The maximum atomic E-state index is 3.58. The van der Waals surface area contributed by atoms with Crippen LogP contribution in [0, 0.1) is 0 Å². The predicted octanol–water partition coefficient (Wildman–Crippen LogP) is 4.22. The van der Waals surface area contributed by atoms with Crippen molar-refractivity contribution in [2.75, 3.05) is 0 Å². The van der Waals surface area contributed by atoms with E-state index in [4.69, 9.17) is 0 Å². The van der Waals surface area contributed by atoms with Gasteiger partial charge in [0, 0.05) is 0 Å². The minimum absolute atomic E-state index is 0.258. The fraction of sp³-hybridized carbons (Fsp3) is 1.00. The van der Waals surface area contributed by atoms with Gasteiger partial charge in [0.25, 0.3) is 0 Å². The van der Waals surface area contributed by atoms with Crippen LogP contribution in [0.3, 0.4) is 0 Å². The minimum atomic E-state index is 0.258. The zero-order chi connectivity index (χ0) is 9.80. The van der Waals surface area contributed by atoms with Gasteiger partial charge in [-0.1, -0.05) is 0 Å². The molecule has 0 heterocycles. The van der Waals surface area contributed by atoms with Gasteiger partial charge in [0.05, 0.1) is 0 Å². The Hall–Kier alpha value is 0.819. The van der Waals surface area contributed by atoms with Crippen LogP contribution in [0.2, 0.25) is 0 Å². The van der Waals surface area contributed by atoms with E-state index in [2.05, 4.69) is 15.1 Å². The summed E-state index contributed by atoms with van der Waals surface area (Å²) in [4.78, 5) is 0. The Balaban J connectivity index is 1.85. The second kappa shape index (κ2) is 5.78. The summed E-state index contributed by atoms with van der Waals surface area (Å²) in [6.07, 6.45) is 15.5. The van der Waals surface area contributed by atoms with Crippen LogP contribution in [0.4, 0.5) is 0 Å². The van der Waals surface area contributed by atoms with Gasteiger partial charge in [-0.3, -0.25) is 0 Å². The molecular weight excluding hydrogens is 254 g/mol. The fourth-order valence-electron chi connectivity index (χ4n) is 2.97. The Bertz CT molecular complexity index is 170. The topological polar surface area (TPSA) is 0 Å². The van der Waals surface area contributed by atoms with Crippen molar-refractivity contribution < 1.29 is 0 Å². The molecule has 2 aliphatic rings. The SMILES string of the molecule is [Se]=[P+](C1CCCCC1)C1CCCCC1. The monoisotopic (exact) mass is 277 g/mol. The van der Waals surface area contributed by atoms with Crippen LogP contribution in [0.15, 0.2) is 0 Å². The summed E-state index contributed by atoms with van der Waals surface area (Å²) in [5.74, 6) is 0. The normalized spacial score (nSPS) is 26.3. The standard InChI is InChI=1S/C12H22PSe/c14-13(11-7-3-1-4-8-11)12-9-5-2-6-10-12/h11-12H,1-10H2/q+1. The van der Waals surface area contributed by atoms with Crippen molar-refractivity contribution >= 4 is 21.3 Å². The second-order valence-corrected chi connectivity index (χ2v) is 9.78. The van der Waals surface area contributed by atoms with Crippen LogP contribution in [0.5, 0.6) is 0 Å². The molecule has 2 aliphatic carbocycles. The Morgan fingerprint density at radius 2 is 1.00 bits per heavy atom. The van der Waals surface area contributed by atoms with Gasteiger partial charge in [-0.25, -0.2) is 0 Å². The van der Waals surface area contributed by atoms with Gasteiger partial charge >= 0.3 is 96.8 Å². The average Bonchev–Trinajstić information content (AvgIpc) is 2.30. The van der Waals surface area contributed by atoms with Crippen LogP contribution in [-0.2, 0) is 0 Å². The Kier molecular flexibility index (Phi) is 4.67. The first-order valence-electron chi connectivity index (χ1n) is 6.33. The first-order valence-corrected chi connectivity index (χ1v) is 10.0. The quantitative estimate of drug-likeness (QED) is 0.523. The third-order valence-corrected chi connectivity index (χ3v) is 10.1. The van der Waals surface area contributed by atoms with E-state index in [0.717, 1.165) is 11.3 Å². The summed E-state index contributed by atoms with van der Waals surface area (Å²) in [5.41, 5.74) is 2.20. The Labute approximate surface area is 96.9 Å². The summed E-state index contributed by atoms with van der Waals surface area (Å²) in [6.45, 7) is 0. The van der Waals surface area contributed by atoms with E-state index in [1.807, 2.05) is 0 Å². The molecular formula is C12H22PSe+. The molecule has 0 radical (unpaired) electrons. The Morgan fingerprint density at radius 3 is 1.36 bits per heavy atom. The molecule has 0 aromatic heterocycles. The van der Waals surface area contributed by atoms with Crippen LogP contribution in [0.1, 0.15) is 64.2 Å². The maximum absolute atomic E-state index is 3.58. The molecule has 0 aromatic carbocycles. The predicted molar refractivity (Wildman–Crippen MR) is 66.4 cm³/mol. The summed E-state index contributed by atoms with van der Waals surface area (Å²) in [6, 6.07) is 0. The van der Waals surface area contributed by atoms with Crippen molar-refractivity contribution in [1.82, 2.24) is 0 Å². The molecule has 0 amide bonds. The van der Waals surface area contributed by atoms with Gasteiger partial charge in [0.15, 0.2) is 0 Å². The van der Waals surface area contributed by atoms with Gasteiger partial charge in [-0.15, -0.1) is 0 Å². The van der Waals surface area contributed by atoms with E-state index < -0.39 is 0 Å². The fourth-order valence-corrected chi connectivity index (χ4v) is 7.97. The summed E-state index contributed by atoms with van der Waals surface area (Å²) in [5, 5.41) is 0. The van der Waals surface area contributed by atoms with Gasteiger partial charge in [0.1, 0.15) is 0 Å². The molecule has 0 aliphatic heterocycles. The van der Waals surface area contributed by atoms with Crippen molar-refractivity contribution in [3.8, 4) is 0 Å². The van der Waals surface area contributed by atoms with Crippen LogP contribution < -0.4 is 0 Å². The molecule has 0 atom stereocenters. The molecule has 0 aromatic rings. The summed E-state index contributed by atoms with van der Waals surface area (Å²) < 4.78 is 0. The summed E-state index contributed by atoms with van der Waals surface area (Å²) >= 11 is 3.58. The van der Waals surface area contributed by atoms with E-state index >= 15 is 0 Å². The van der Waals surface area contributed by atoms with E-state index in [0.29, 0.717) is 0 Å². The molecule has 0 spiro atoms. The zero-order valence-electron chi connectivity index (χ0n) is 9.08. The molecule has 80 valence electrons. The second-order valence-electron chi connectivity index (χ2n) is 4.94. The molecule has 0 nitrogen and oxygen atoms in total. The molecule has 0 N–H and O–H groups in total. The first kappa shape index (κ1) is 11.3. The van der Waals surface area contributed by atoms with Gasteiger partial charge in [-0.2, -0.15) is 0 Å². The van der Waals surface area contributed by atoms with Gasteiger partial charge in [0.2, 0.25) is 0 Å². The summed E-state index contributed by atoms with van der Waals surface area (Å²) in [7, 11) is 0. The molecule has 0 bridgehead atoms. The Morgan fingerprint density at radius 1 is 0.643 bits per heavy atom. The molecule has 0 saturated heterocycles. The first-order chi connectivity index (χ1) is 6.88. The molecule has 0 unspecified atom stereocenters. The van der Waals surface area contributed by atoms with Crippen LogP contribution in [-0.4, -0.2) is 26.4 Å². The van der Waals surface area contributed by atoms with E-state index in [9.17, 15) is 0 Å². The third kappa shape index (κ3) is 2.91. The van der Waals surface area contributed by atoms with E-state index in [-0.39, 0.29) is 6.17 Å². The molecule has 2 rings (SSSR count). The van der Waals surface area contributed by atoms with Crippen molar-refractivity contribution in [3.05, 3.63) is 0 Å². The van der Waals surface area contributed by atoms with Gasteiger partial charge in [-0.05, 0) is 0 Å². The van der Waals surface area contributed by atoms with Crippen LogP contribution in [0.25, 0.3) is 0 Å². The molecule has 2 heteroatoms. The molecule has 2 saturated carbocycles. The third-order valence-electron chi connectivity index (χ3n) is 3.87. The van der Waals surface area contributed by atoms with Gasteiger partial charge < -0.3 is 0 Å². The van der Waals surface area contributed by atoms with Crippen molar-refractivity contribution in [2.45, 2.75) is 75.5 Å². The van der Waals surface area contributed by atoms with Crippen molar-refractivity contribution in [2.24, 2.45) is 0 Å². The van der Waals surface area contributed by atoms with E-state index in [1.54, 1.807) is 0 Å². The zero-order valence-corrected chi connectivity index (χ0v) is 11.7. The average molecular weight is 276 g/mol. The molecule has 14 heavy (non-hydrogen) atoms. The van der Waals surface area contributed by atoms with Crippen molar-refractivity contribution in [1.29, 1.82) is 0 Å². The van der Waals surface area contributed by atoms with Crippen LogP contribution >= 0.6 is 6.17 Å². The van der Waals surface area contributed by atoms with E-state index in [1.165, 1.54) is 64.2 Å². The number of hydrogen-bond acceptors (Lipinski definition) is 0. The molecule has 2 fully saturated rings. The number of hydrogen-bond donors (Lipinski definition) is 0.